The minimum atomic E-state index is -1.00. The minimum absolute atomic E-state index is 0.0383. The highest BCUT2D eigenvalue weighted by molar-refractivity contribution is 5.98. The summed E-state index contributed by atoms with van der Waals surface area (Å²) in [5.74, 6) is -2.11. The number of nitrogens with one attached hydrogen (secondary N) is 1. The number of hydrogen-bond donors (Lipinski definition) is 3. The Hall–Kier alpha value is -4.29. The minimum Gasteiger partial charge on any atom is -0.507 e. The highest BCUT2D eigenvalue weighted by Gasteiger charge is 2.32. The predicted molar refractivity (Wildman–Crippen MR) is 170 cm³/mol. The molecule has 0 saturated carbocycles. The Bertz CT molecular complexity index is 1370. The van der Waals surface area contributed by atoms with Crippen molar-refractivity contribution in [3.05, 3.63) is 46.5 Å². The third-order valence-electron chi connectivity index (χ3n) is 7.87. The molecule has 2 aromatic carbocycles. The molecule has 252 valence electrons. The lowest BCUT2D eigenvalue weighted by molar-refractivity contribution is -0.127. The highest BCUT2D eigenvalue weighted by atomic mass is 16.7. The summed E-state index contributed by atoms with van der Waals surface area (Å²) in [7, 11) is 7.23. The van der Waals surface area contributed by atoms with E-state index in [1.54, 1.807) is 31.2 Å². The molecule has 2 atom stereocenters. The number of carbonyl (C=O) groups is 3. The van der Waals surface area contributed by atoms with Crippen LogP contribution in [0.25, 0.3) is 6.08 Å². The van der Waals surface area contributed by atoms with Crippen molar-refractivity contribution in [2.24, 2.45) is 0 Å². The van der Waals surface area contributed by atoms with E-state index in [9.17, 15) is 24.6 Å². The van der Waals surface area contributed by atoms with Gasteiger partial charge in [-0.1, -0.05) is 12.2 Å². The summed E-state index contributed by atoms with van der Waals surface area (Å²) >= 11 is 0. The number of Topliss-reactive ketones (excluding diaryl/α,β-unsaturated/α-hetero) is 1. The first-order valence-electron chi connectivity index (χ1n) is 15.2. The van der Waals surface area contributed by atoms with E-state index >= 15 is 0 Å². The van der Waals surface area contributed by atoms with Crippen molar-refractivity contribution in [1.29, 1.82) is 0 Å². The van der Waals surface area contributed by atoms with Crippen molar-refractivity contribution in [1.82, 2.24) is 5.32 Å². The van der Waals surface area contributed by atoms with Gasteiger partial charge in [0.2, 0.25) is 11.7 Å². The molecule has 0 radical (unpaired) electrons. The van der Waals surface area contributed by atoms with Gasteiger partial charge in [0.15, 0.2) is 17.8 Å². The van der Waals surface area contributed by atoms with E-state index in [1.807, 2.05) is 0 Å². The van der Waals surface area contributed by atoms with Gasteiger partial charge >= 0.3 is 5.97 Å². The van der Waals surface area contributed by atoms with E-state index in [4.69, 9.17) is 28.4 Å². The number of ether oxygens (including phenoxy) is 6. The molecule has 46 heavy (non-hydrogen) atoms. The number of benzene rings is 2. The van der Waals surface area contributed by atoms with E-state index in [0.29, 0.717) is 49.8 Å². The second kappa shape index (κ2) is 17.4. The molecule has 0 aromatic heterocycles. The van der Waals surface area contributed by atoms with Crippen LogP contribution in [0.15, 0.2) is 24.3 Å². The van der Waals surface area contributed by atoms with Gasteiger partial charge in [-0.2, -0.15) is 0 Å². The number of fused-ring (bicyclic) bond motifs is 1. The number of cyclic esters (lactones) is 1. The first-order chi connectivity index (χ1) is 22.1. The van der Waals surface area contributed by atoms with Crippen LogP contribution >= 0.6 is 0 Å². The summed E-state index contributed by atoms with van der Waals surface area (Å²) in [6.07, 6.45) is 4.94. The smallest absolute Gasteiger partial charge is 0.342 e. The van der Waals surface area contributed by atoms with E-state index in [-0.39, 0.29) is 52.7 Å². The van der Waals surface area contributed by atoms with Gasteiger partial charge in [0.1, 0.15) is 22.8 Å². The molecule has 0 saturated heterocycles. The standard InChI is InChI=1S/C34H45NO11/c1-20-11-10-14-23(36)13-9-7-8-12-21-15-25(37)31(32(39)30(21)34(40)46-20)24(18-28(38)35-19-29(43-4)44-5)22-16-26(41-2)33(45-6)27(17-22)42-3/h8,12,15-17,20,24,29,37,39H,7,9-11,13-14,18-19H2,1-6H3,(H,35,38). The zero-order valence-corrected chi connectivity index (χ0v) is 27.3. The van der Waals surface area contributed by atoms with E-state index in [0.717, 1.165) is 0 Å². The fraction of sp³-hybridized carbons (Fsp3) is 0.500. The molecule has 1 aliphatic rings. The Balaban J connectivity index is 2.21. The molecule has 2 aromatic rings. The number of methoxy groups -OCH3 is 5. The average Bonchev–Trinajstić information content (AvgIpc) is 3.03. The molecule has 1 aliphatic heterocycles. The van der Waals surface area contributed by atoms with Gasteiger partial charge < -0.3 is 44.0 Å². The molecule has 0 spiro atoms. The van der Waals surface area contributed by atoms with E-state index in [2.05, 4.69) is 5.32 Å². The van der Waals surface area contributed by atoms with Crippen LogP contribution < -0.4 is 19.5 Å². The third kappa shape index (κ3) is 9.13. The van der Waals surface area contributed by atoms with Crippen molar-refractivity contribution in [2.45, 2.75) is 70.2 Å². The number of aromatic hydroxyl groups is 2. The third-order valence-corrected chi connectivity index (χ3v) is 7.87. The number of phenols is 2. The lowest BCUT2D eigenvalue weighted by atomic mass is 9.84. The van der Waals surface area contributed by atoms with Gasteiger partial charge in [-0.05, 0) is 61.9 Å². The quantitative estimate of drug-likeness (QED) is 0.227. The Morgan fingerprint density at radius 3 is 2.24 bits per heavy atom. The summed E-state index contributed by atoms with van der Waals surface area (Å²) in [6, 6.07) is 4.58. The van der Waals surface area contributed by atoms with Gasteiger partial charge in [0.25, 0.3) is 0 Å². The molecule has 12 heteroatoms. The Morgan fingerprint density at radius 1 is 0.978 bits per heavy atom. The summed E-state index contributed by atoms with van der Waals surface area (Å²) in [6.45, 7) is 1.76. The van der Waals surface area contributed by atoms with Crippen LogP contribution in [0.2, 0.25) is 0 Å². The molecular formula is C34H45NO11. The number of hydrogen-bond acceptors (Lipinski definition) is 11. The largest absolute Gasteiger partial charge is 0.507 e. The number of carbonyl (C=O) groups excluding carboxylic acids is 3. The Morgan fingerprint density at radius 2 is 1.63 bits per heavy atom. The topological polar surface area (TPSA) is 159 Å². The van der Waals surface area contributed by atoms with Crippen molar-refractivity contribution in [3.8, 4) is 28.7 Å². The van der Waals surface area contributed by atoms with E-state index < -0.39 is 35.9 Å². The normalized spacial score (nSPS) is 16.6. The molecule has 0 aliphatic carbocycles. The molecule has 0 bridgehead atoms. The van der Waals surface area contributed by atoms with Gasteiger partial charge in [-0.15, -0.1) is 0 Å². The Labute approximate surface area is 269 Å². The number of rotatable bonds is 11. The molecule has 1 heterocycles. The van der Waals surface area contributed by atoms with Crippen molar-refractivity contribution < 1.29 is 53.0 Å². The van der Waals surface area contributed by atoms with Crippen LogP contribution in [-0.4, -0.2) is 82.4 Å². The van der Waals surface area contributed by atoms with Crippen molar-refractivity contribution >= 4 is 23.7 Å². The van der Waals surface area contributed by atoms with Gasteiger partial charge in [-0.25, -0.2) is 4.79 Å². The second-order valence-corrected chi connectivity index (χ2v) is 11.0. The van der Waals surface area contributed by atoms with Gasteiger partial charge in [-0.3, -0.25) is 9.59 Å². The maximum atomic E-state index is 13.6. The van der Waals surface area contributed by atoms with E-state index in [1.165, 1.54) is 41.6 Å². The maximum Gasteiger partial charge on any atom is 0.342 e. The second-order valence-electron chi connectivity index (χ2n) is 11.0. The first-order valence-corrected chi connectivity index (χ1v) is 15.2. The highest BCUT2D eigenvalue weighted by Crippen LogP contribution is 2.47. The lowest BCUT2D eigenvalue weighted by Gasteiger charge is -2.25. The molecule has 0 fully saturated rings. The SMILES string of the molecule is COc1cc(C(CC(=O)NCC(OC)OC)c2c(O)cc3c(c2O)C(=O)OC(C)CCCC(=O)CCCC=C3)cc(OC)c1OC. The molecule has 12 nitrogen and oxygen atoms in total. The molecule has 3 N–H and O–H groups in total. The van der Waals surface area contributed by atoms with Crippen LogP contribution in [0.1, 0.15) is 84.8 Å². The molecule has 1 amide bonds. The number of allylic oxidation sites excluding steroid dienone is 1. The van der Waals surface area contributed by atoms with Crippen LogP contribution in [0.5, 0.6) is 28.7 Å². The zero-order chi connectivity index (χ0) is 33.8. The number of phenolic OH excluding ortho intramolecular Hbond substituents is 2. The van der Waals surface area contributed by atoms with Crippen LogP contribution in [0, 0.1) is 0 Å². The van der Waals surface area contributed by atoms with Crippen LogP contribution in [-0.2, 0) is 23.8 Å². The Kier molecular flexibility index (Phi) is 13.7. The predicted octanol–water partition coefficient (Wildman–Crippen LogP) is 4.86. The maximum absolute atomic E-state index is 13.6. The van der Waals surface area contributed by atoms with Crippen molar-refractivity contribution in [3.63, 3.8) is 0 Å². The summed E-state index contributed by atoms with van der Waals surface area (Å²) < 4.78 is 32.6. The summed E-state index contributed by atoms with van der Waals surface area (Å²) in [5.41, 5.74) is 0.437. The molecule has 3 rings (SSSR count). The molecule has 2 unspecified atom stereocenters. The number of esters is 1. The fourth-order valence-electron chi connectivity index (χ4n) is 5.43. The summed E-state index contributed by atoms with van der Waals surface area (Å²) in [5, 5.41) is 26.0. The molecular weight excluding hydrogens is 598 g/mol. The van der Waals surface area contributed by atoms with Crippen LogP contribution in [0.3, 0.4) is 0 Å². The monoisotopic (exact) mass is 643 g/mol. The van der Waals surface area contributed by atoms with Crippen molar-refractivity contribution in [2.75, 3.05) is 42.1 Å². The van der Waals surface area contributed by atoms with Crippen LogP contribution in [0.4, 0.5) is 0 Å². The number of amides is 1. The van der Waals surface area contributed by atoms with Gasteiger partial charge in [0.05, 0.1) is 34.0 Å². The fourth-order valence-corrected chi connectivity index (χ4v) is 5.43. The average molecular weight is 644 g/mol. The zero-order valence-electron chi connectivity index (χ0n) is 27.3. The lowest BCUT2D eigenvalue weighted by Crippen LogP contribution is -2.34. The van der Waals surface area contributed by atoms with Gasteiger partial charge in [0, 0.05) is 45.0 Å². The summed E-state index contributed by atoms with van der Waals surface area (Å²) in [4.78, 5) is 39.1. The number of ketones is 1. The first kappa shape index (κ1) is 36.2.